The van der Waals surface area contributed by atoms with Gasteiger partial charge in [-0.2, -0.15) is 0 Å². The Balaban J connectivity index is 2.18. The quantitative estimate of drug-likeness (QED) is 0.732. The lowest BCUT2D eigenvalue weighted by Crippen LogP contribution is -2.05. The largest absolute Gasteiger partial charge is 0.491 e. The van der Waals surface area contributed by atoms with Crippen LogP contribution in [-0.2, 0) is 0 Å². The molecule has 2 rings (SSSR count). The zero-order valence-corrected chi connectivity index (χ0v) is 12.0. The summed E-state index contributed by atoms with van der Waals surface area (Å²) in [4.78, 5) is 11.0. The number of aromatic carboxylic acids is 1. The Kier molecular flexibility index (Phi) is 4.33. The van der Waals surface area contributed by atoms with Crippen LogP contribution in [0, 0.1) is 0 Å². The second-order valence-corrected chi connectivity index (χ2v) is 4.92. The van der Waals surface area contributed by atoms with Gasteiger partial charge in [0.05, 0.1) is 23.0 Å². The number of nitrogen functional groups attached to an aromatic ring is 1. The molecule has 0 fully saturated rings. The van der Waals surface area contributed by atoms with Gasteiger partial charge in [-0.25, -0.2) is 4.79 Å². The summed E-state index contributed by atoms with van der Waals surface area (Å²) < 4.78 is 5.56. The Bertz CT molecular complexity index is 636. The lowest BCUT2D eigenvalue weighted by atomic mass is 10.1. The molecule has 0 unspecified atom stereocenters. The van der Waals surface area contributed by atoms with Gasteiger partial charge in [-0.3, -0.25) is 0 Å². The number of nitrogens with one attached hydrogen (secondary N) is 1. The fraction of sp³-hybridized carbons (Fsp3) is 0.188. The summed E-state index contributed by atoms with van der Waals surface area (Å²) in [7, 11) is 0. The van der Waals surface area contributed by atoms with Crippen LogP contribution < -0.4 is 15.8 Å². The van der Waals surface area contributed by atoms with Crippen molar-refractivity contribution in [3.8, 4) is 5.75 Å². The first-order chi connectivity index (χ1) is 9.95. The molecule has 4 N–H and O–H groups in total. The molecule has 0 radical (unpaired) electrons. The molecule has 110 valence electrons. The van der Waals surface area contributed by atoms with Gasteiger partial charge < -0.3 is 20.9 Å². The fourth-order valence-electron chi connectivity index (χ4n) is 1.84. The van der Waals surface area contributed by atoms with E-state index in [1.807, 2.05) is 38.1 Å². The van der Waals surface area contributed by atoms with E-state index in [0.717, 1.165) is 11.4 Å². The minimum absolute atomic E-state index is 0.117. The van der Waals surface area contributed by atoms with Gasteiger partial charge in [0.15, 0.2) is 0 Å². The minimum Gasteiger partial charge on any atom is -0.491 e. The number of hydrogen-bond acceptors (Lipinski definition) is 4. The molecule has 0 saturated carbocycles. The van der Waals surface area contributed by atoms with Crippen molar-refractivity contribution in [2.45, 2.75) is 20.0 Å². The summed E-state index contributed by atoms with van der Waals surface area (Å²) in [6, 6.07) is 12.0. The smallest absolute Gasteiger partial charge is 0.335 e. The second-order valence-electron chi connectivity index (χ2n) is 4.92. The van der Waals surface area contributed by atoms with Crippen LogP contribution in [0.4, 0.5) is 17.1 Å². The van der Waals surface area contributed by atoms with Gasteiger partial charge in [-0.1, -0.05) is 0 Å². The van der Waals surface area contributed by atoms with Gasteiger partial charge >= 0.3 is 5.97 Å². The second kappa shape index (κ2) is 6.17. The van der Waals surface area contributed by atoms with Crippen molar-refractivity contribution in [1.82, 2.24) is 0 Å². The van der Waals surface area contributed by atoms with E-state index in [2.05, 4.69) is 5.32 Å². The van der Waals surface area contributed by atoms with E-state index in [0.29, 0.717) is 11.4 Å². The van der Waals surface area contributed by atoms with E-state index in [9.17, 15) is 4.79 Å². The molecular weight excluding hydrogens is 268 g/mol. The highest BCUT2D eigenvalue weighted by Crippen LogP contribution is 2.26. The zero-order chi connectivity index (χ0) is 15.4. The molecule has 2 aromatic carbocycles. The maximum Gasteiger partial charge on any atom is 0.335 e. The molecule has 0 aliphatic rings. The molecule has 5 nitrogen and oxygen atoms in total. The SMILES string of the molecule is CC(C)Oc1ccc(Nc2cc(C(=O)O)ccc2N)cc1. The molecule has 21 heavy (non-hydrogen) atoms. The number of rotatable bonds is 5. The van der Waals surface area contributed by atoms with E-state index < -0.39 is 5.97 Å². The molecular formula is C16H18N2O3. The molecule has 2 aromatic rings. The van der Waals surface area contributed by atoms with Gasteiger partial charge in [-0.05, 0) is 56.3 Å². The Morgan fingerprint density at radius 1 is 1.19 bits per heavy atom. The number of carboxylic acid groups (broad SMARTS) is 1. The molecule has 0 spiro atoms. The van der Waals surface area contributed by atoms with Crippen LogP contribution in [0.2, 0.25) is 0 Å². The van der Waals surface area contributed by atoms with Crippen molar-refractivity contribution in [1.29, 1.82) is 0 Å². The lowest BCUT2D eigenvalue weighted by Gasteiger charge is -2.12. The summed E-state index contributed by atoms with van der Waals surface area (Å²) >= 11 is 0. The third-order valence-corrected chi connectivity index (χ3v) is 2.81. The van der Waals surface area contributed by atoms with Crippen LogP contribution in [0.15, 0.2) is 42.5 Å². The van der Waals surface area contributed by atoms with Crippen molar-refractivity contribution in [3.63, 3.8) is 0 Å². The summed E-state index contributed by atoms with van der Waals surface area (Å²) in [6.45, 7) is 3.93. The Morgan fingerprint density at radius 3 is 2.43 bits per heavy atom. The lowest BCUT2D eigenvalue weighted by molar-refractivity contribution is 0.0697. The van der Waals surface area contributed by atoms with Crippen LogP contribution in [0.5, 0.6) is 5.75 Å². The van der Waals surface area contributed by atoms with Crippen LogP contribution in [0.3, 0.4) is 0 Å². The van der Waals surface area contributed by atoms with E-state index in [1.54, 1.807) is 6.07 Å². The van der Waals surface area contributed by atoms with Crippen LogP contribution in [0.25, 0.3) is 0 Å². The third-order valence-electron chi connectivity index (χ3n) is 2.81. The Hall–Kier alpha value is -2.69. The minimum atomic E-state index is -0.987. The highest BCUT2D eigenvalue weighted by Gasteiger charge is 2.07. The van der Waals surface area contributed by atoms with Crippen molar-refractivity contribution >= 4 is 23.0 Å². The van der Waals surface area contributed by atoms with Gasteiger partial charge in [0.25, 0.3) is 0 Å². The number of anilines is 3. The number of nitrogens with two attached hydrogens (primary N) is 1. The van der Waals surface area contributed by atoms with Crippen molar-refractivity contribution in [2.24, 2.45) is 0 Å². The van der Waals surface area contributed by atoms with Crippen LogP contribution in [-0.4, -0.2) is 17.2 Å². The Labute approximate surface area is 123 Å². The maximum atomic E-state index is 11.0. The fourth-order valence-corrected chi connectivity index (χ4v) is 1.84. The zero-order valence-electron chi connectivity index (χ0n) is 12.0. The molecule has 0 saturated heterocycles. The van der Waals surface area contributed by atoms with Crippen molar-refractivity contribution < 1.29 is 14.6 Å². The standard InChI is InChI=1S/C16H18N2O3/c1-10(2)21-13-6-4-12(5-7-13)18-15-9-11(16(19)20)3-8-14(15)17/h3-10,18H,17H2,1-2H3,(H,19,20). The molecule has 0 amide bonds. The van der Waals surface area contributed by atoms with Gasteiger partial charge in [0, 0.05) is 5.69 Å². The Morgan fingerprint density at radius 2 is 1.86 bits per heavy atom. The van der Waals surface area contributed by atoms with Gasteiger partial charge in [0.1, 0.15) is 5.75 Å². The third kappa shape index (κ3) is 3.89. The monoisotopic (exact) mass is 286 g/mol. The number of hydrogen-bond donors (Lipinski definition) is 3. The molecule has 0 aliphatic heterocycles. The summed E-state index contributed by atoms with van der Waals surface area (Å²) in [5, 5.41) is 12.1. The van der Waals surface area contributed by atoms with E-state index in [-0.39, 0.29) is 11.7 Å². The van der Waals surface area contributed by atoms with Gasteiger partial charge in [-0.15, -0.1) is 0 Å². The molecule has 0 aliphatic carbocycles. The topological polar surface area (TPSA) is 84.6 Å². The van der Waals surface area contributed by atoms with Crippen molar-refractivity contribution in [3.05, 3.63) is 48.0 Å². The first kappa shape index (κ1) is 14.7. The van der Waals surface area contributed by atoms with Crippen molar-refractivity contribution in [2.75, 3.05) is 11.1 Å². The maximum absolute atomic E-state index is 11.0. The van der Waals surface area contributed by atoms with Gasteiger partial charge in [0.2, 0.25) is 0 Å². The molecule has 0 heterocycles. The number of benzene rings is 2. The summed E-state index contributed by atoms with van der Waals surface area (Å²) in [6.07, 6.45) is 0.117. The summed E-state index contributed by atoms with van der Waals surface area (Å²) in [5.41, 5.74) is 7.90. The normalized spacial score (nSPS) is 10.4. The highest BCUT2D eigenvalue weighted by atomic mass is 16.5. The van der Waals surface area contributed by atoms with E-state index in [1.165, 1.54) is 12.1 Å². The average molecular weight is 286 g/mol. The predicted octanol–water partition coefficient (Wildman–Crippen LogP) is 3.50. The molecule has 0 atom stereocenters. The number of ether oxygens (including phenoxy) is 1. The number of carbonyl (C=O) groups is 1. The first-order valence-electron chi connectivity index (χ1n) is 6.62. The van der Waals surface area contributed by atoms with E-state index >= 15 is 0 Å². The predicted molar refractivity (Wildman–Crippen MR) is 83.3 cm³/mol. The molecule has 5 heteroatoms. The average Bonchev–Trinajstić information content (AvgIpc) is 2.42. The summed E-state index contributed by atoms with van der Waals surface area (Å²) in [5.74, 6) is -0.207. The number of carboxylic acids is 1. The van der Waals surface area contributed by atoms with E-state index in [4.69, 9.17) is 15.6 Å². The highest BCUT2D eigenvalue weighted by molar-refractivity contribution is 5.91. The van der Waals surface area contributed by atoms with Crippen LogP contribution >= 0.6 is 0 Å². The van der Waals surface area contributed by atoms with Crippen LogP contribution in [0.1, 0.15) is 24.2 Å². The first-order valence-corrected chi connectivity index (χ1v) is 6.62. The molecule has 0 aromatic heterocycles. The molecule has 0 bridgehead atoms.